The van der Waals surface area contributed by atoms with Crippen molar-refractivity contribution in [3.63, 3.8) is 0 Å². The van der Waals surface area contributed by atoms with Crippen molar-refractivity contribution in [1.29, 1.82) is 0 Å². The van der Waals surface area contributed by atoms with Gasteiger partial charge in [0.05, 0.1) is 6.61 Å². The van der Waals surface area contributed by atoms with Crippen LogP contribution in [0.5, 0.6) is 0 Å². The molecule has 0 aromatic carbocycles. The van der Waals surface area contributed by atoms with Crippen molar-refractivity contribution < 1.29 is 14.6 Å². The summed E-state index contributed by atoms with van der Waals surface area (Å²) in [6, 6.07) is 0. The molecule has 3 nitrogen and oxygen atoms in total. The van der Waals surface area contributed by atoms with E-state index in [9.17, 15) is 9.90 Å². The molecular weight excluding hydrogens is 336 g/mol. The molecule has 27 heavy (non-hydrogen) atoms. The van der Waals surface area contributed by atoms with Gasteiger partial charge in [-0.2, -0.15) is 0 Å². The topological polar surface area (TPSA) is 46.5 Å². The predicted molar refractivity (Wildman–Crippen MR) is 109 cm³/mol. The van der Waals surface area contributed by atoms with Gasteiger partial charge in [0.2, 0.25) is 5.78 Å². The Morgan fingerprint density at radius 2 is 2.00 bits per heavy atom. The zero-order chi connectivity index (χ0) is 20.0. The van der Waals surface area contributed by atoms with Crippen molar-refractivity contribution in [3.05, 3.63) is 47.5 Å². The molecule has 3 aliphatic carbocycles. The molecule has 0 aromatic rings. The molecule has 4 atom stereocenters. The molecule has 0 amide bonds. The lowest BCUT2D eigenvalue weighted by Gasteiger charge is -2.59. The largest absolute Gasteiger partial charge is 0.507 e. The van der Waals surface area contributed by atoms with Gasteiger partial charge >= 0.3 is 0 Å². The number of hydrogen-bond donors (Lipinski definition) is 1. The standard InChI is InChI=1S/C24H34O3/c1-7-27-19-13-15(2)21(25)18(22(19)26)14-24(6)17(4)11-12-23(5)16(3)9-8-10-20(23)24/h13,17,20,25H,2-3,7-12,14H2,1,4-6H3. The van der Waals surface area contributed by atoms with Crippen LogP contribution in [-0.4, -0.2) is 17.5 Å². The summed E-state index contributed by atoms with van der Waals surface area (Å²) in [4.78, 5) is 13.0. The first-order valence-electron chi connectivity index (χ1n) is 10.3. The van der Waals surface area contributed by atoms with Crippen LogP contribution in [0.2, 0.25) is 0 Å². The van der Waals surface area contributed by atoms with E-state index in [0.29, 0.717) is 41.8 Å². The monoisotopic (exact) mass is 370 g/mol. The second-order valence-electron chi connectivity index (χ2n) is 9.21. The normalized spacial score (nSPS) is 37.2. The van der Waals surface area contributed by atoms with Crippen molar-refractivity contribution in [2.24, 2.45) is 22.7 Å². The zero-order valence-electron chi connectivity index (χ0n) is 17.4. The number of fused-ring (bicyclic) bond motifs is 1. The van der Waals surface area contributed by atoms with Crippen LogP contribution in [0.3, 0.4) is 0 Å². The number of hydrogen-bond acceptors (Lipinski definition) is 3. The molecule has 3 rings (SSSR count). The number of ether oxygens (including phenoxy) is 1. The average Bonchev–Trinajstić information content (AvgIpc) is 2.62. The molecule has 4 unspecified atom stereocenters. The lowest BCUT2D eigenvalue weighted by Crippen LogP contribution is -2.50. The fourth-order valence-corrected chi connectivity index (χ4v) is 5.82. The third-order valence-electron chi connectivity index (χ3n) is 7.82. The zero-order valence-corrected chi connectivity index (χ0v) is 17.4. The molecule has 2 fully saturated rings. The maximum atomic E-state index is 13.0. The number of carbonyl (C=O) groups is 1. The molecule has 0 radical (unpaired) electrons. The van der Waals surface area contributed by atoms with Gasteiger partial charge in [0.15, 0.2) is 5.76 Å². The SMILES string of the molecule is C=C1C=C(OCC)C(=O)C(CC2(C)C(C)CCC3(C)C(=C)CCCC32)=C1O. The fourth-order valence-electron chi connectivity index (χ4n) is 5.82. The number of Topliss-reactive ketones (excluding diaryl/α,β-unsaturated/α-hetero) is 1. The van der Waals surface area contributed by atoms with Gasteiger partial charge < -0.3 is 9.84 Å². The van der Waals surface area contributed by atoms with Crippen molar-refractivity contribution in [2.45, 2.75) is 66.2 Å². The van der Waals surface area contributed by atoms with E-state index in [-0.39, 0.29) is 22.4 Å². The summed E-state index contributed by atoms with van der Waals surface area (Å²) in [5, 5.41) is 10.7. The fraction of sp³-hybridized carbons (Fsp3) is 0.625. The first-order chi connectivity index (χ1) is 12.6. The molecule has 1 N–H and O–H groups in total. The number of allylic oxidation sites excluding steroid dienone is 3. The number of aliphatic hydroxyl groups is 1. The summed E-state index contributed by atoms with van der Waals surface area (Å²) in [7, 11) is 0. The van der Waals surface area contributed by atoms with E-state index >= 15 is 0 Å². The Kier molecular flexibility index (Phi) is 5.18. The maximum Gasteiger partial charge on any atom is 0.227 e. The number of carbonyl (C=O) groups excluding carboxylic acids is 1. The minimum atomic E-state index is -0.183. The lowest BCUT2D eigenvalue weighted by molar-refractivity contribution is -0.117. The summed E-state index contributed by atoms with van der Waals surface area (Å²) in [5.41, 5.74) is 2.37. The third-order valence-corrected chi connectivity index (χ3v) is 7.82. The minimum Gasteiger partial charge on any atom is -0.507 e. The van der Waals surface area contributed by atoms with Crippen LogP contribution in [0.1, 0.15) is 66.2 Å². The van der Waals surface area contributed by atoms with E-state index in [1.165, 1.54) is 12.0 Å². The Morgan fingerprint density at radius 3 is 2.67 bits per heavy atom. The molecule has 0 aromatic heterocycles. The number of rotatable bonds is 4. The summed E-state index contributed by atoms with van der Waals surface area (Å²) >= 11 is 0. The first kappa shape index (κ1) is 20.0. The summed E-state index contributed by atoms with van der Waals surface area (Å²) in [5.74, 6) is 1.11. The van der Waals surface area contributed by atoms with Gasteiger partial charge in [-0.25, -0.2) is 0 Å². The highest BCUT2D eigenvalue weighted by Gasteiger charge is 2.54. The molecule has 3 heteroatoms. The Balaban J connectivity index is 1.99. The summed E-state index contributed by atoms with van der Waals surface area (Å²) < 4.78 is 5.53. The van der Waals surface area contributed by atoms with Gasteiger partial charge in [-0.3, -0.25) is 4.79 Å². The van der Waals surface area contributed by atoms with Crippen LogP contribution in [0.25, 0.3) is 0 Å². The van der Waals surface area contributed by atoms with Gasteiger partial charge in [0.1, 0.15) is 5.76 Å². The van der Waals surface area contributed by atoms with E-state index in [2.05, 4.69) is 33.9 Å². The number of ketones is 1. The van der Waals surface area contributed by atoms with Crippen molar-refractivity contribution in [3.8, 4) is 0 Å². The third kappa shape index (κ3) is 3.09. The highest BCUT2D eigenvalue weighted by atomic mass is 16.5. The summed E-state index contributed by atoms with van der Waals surface area (Å²) in [6.07, 6.45) is 7.85. The number of aliphatic hydroxyl groups excluding tert-OH is 1. The average molecular weight is 371 g/mol. The van der Waals surface area contributed by atoms with Gasteiger partial charge in [-0.1, -0.05) is 39.5 Å². The van der Waals surface area contributed by atoms with E-state index in [0.717, 1.165) is 25.7 Å². The predicted octanol–water partition coefficient (Wildman–Crippen LogP) is 6.05. The molecule has 0 aliphatic heterocycles. The molecule has 3 aliphatic rings. The lowest BCUT2D eigenvalue weighted by atomic mass is 9.46. The van der Waals surface area contributed by atoms with Crippen molar-refractivity contribution in [1.82, 2.24) is 0 Å². The Morgan fingerprint density at radius 1 is 1.30 bits per heavy atom. The highest BCUT2D eigenvalue weighted by Crippen LogP contribution is 2.63. The Hall–Kier alpha value is -1.77. The smallest absolute Gasteiger partial charge is 0.227 e. The molecule has 0 spiro atoms. The van der Waals surface area contributed by atoms with E-state index in [4.69, 9.17) is 4.74 Å². The van der Waals surface area contributed by atoms with Crippen molar-refractivity contribution >= 4 is 5.78 Å². The second kappa shape index (κ2) is 7.00. The molecule has 148 valence electrons. The van der Waals surface area contributed by atoms with Gasteiger partial charge in [0.25, 0.3) is 0 Å². The molecule has 0 heterocycles. The van der Waals surface area contributed by atoms with Crippen LogP contribution >= 0.6 is 0 Å². The Bertz CT molecular complexity index is 741. The van der Waals surface area contributed by atoms with Gasteiger partial charge in [0, 0.05) is 11.1 Å². The first-order valence-corrected chi connectivity index (χ1v) is 10.3. The van der Waals surface area contributed by atoms with Crippen LogP contribution in [0, 0.1) is 22.7 Å². The van der Waals surface area contributed by atoms with E-state index in [1.54, 1.807) is 6.08 Å². The van der Waals surface area contributed by atoms with Crippen LogP contribution < -0.4 is 0 Å². The van der Waals surface area contributed by atoms with E-state index < -0.39 is 0 Å². The molecule has 0 bridgehead atoms. The quantitative estimate of drug-likeness (QED) is 0.613. The summed E-state index contributed by atoms with van der Waals surface area (Å²) in [6.45, 7) is 17.6. The second-order valence-corrected chi connectivity index (χ2v) is 9.21. The van der Waals surface area contributed by atoms with Crippen molar-refractivity contribution in [2.75, 3.05) is 6.61 Å². The molecular formula is C24H34O3. The highest BCUT2D eigenvalue weighted by molar-refractivity contribution is 6.09. The molecule has 2 saturated carbocycles. The Labute approximate surface area is 163 Å². The minimum absolute atomic E-state index is 0.0405. The van der Waals surface area contributed by atoms with Gasteiger partial charge in [-0.05, 0) is 74.2 Å². The molecule has 0 saturated heterocycles. The van der Waals surface area contributed by atoms with Crippen LogP contribution in [0.4, 0.5) is 0 Å². The van der Waals surface area contributed by atoms with Crippen LogP contribution in [0.15, 0.2) is 47.5 Å². The van der Waals surface area contributed by atoms with Crippen LogP contribution in [-0.2, 0) is 9.53 Å². The maximum absolute atomic E-state index is 13.0. The van der Waals surface area contributed by atoms with Gasteiger partial charge in [-0.15, -0.1) is 0 Å². The van der Waals surface area contributed by atoms with E-state index in [1.807, 2.05) is 6.92 Å².